The maximum absolute atomic E-state index is 11.1. The topological polar surface area (TPSA) is 52.1 Å². The molecule has 2 aromatic heterocycles. The van der Waals surface area contributed by atoms with Crippen LogP contribution in [0, 0.1) is 0 Å². The molecule has 5 heteroatoms. The number of carbonyl (C=O) groups is 1. The van der Waals surface area contributed by atoms with E-state index in [4.69, 9.17) is 0 Å². The lowest BCUT2D eigenvalue weighted by atomic mass is 10.3. The number of rotatable bonds is 1. The van der Waals surface area contributed by atoms with Gasteiger partial charge in [0.05, 0.1) is 29.0 Å². The first-order chi connectivity index (χ1) is 6.31. The van der Waals surface area contributed by atoms with Crippen LogP contribution in [0.2, 0.25) is 0 Å². The van der Waals surface area contributed by atoms with Crippen molar-refractivity contribution in [1.82, 2.24) is 9.97 Å². The Morgan fingerprint density at radius 3 is 3.15 bits per heavy atom. The lowest BCUT2D eigenvalue weighted by Gasteiger charge is -1.96. The van der Waals surface area contributed by atoms with Crippen LogP contribution in [-0.4, -0.2) is 23.0 Å². The highest BCUT2D eigenvalue weighted by atomic mass is 32.1. The average Bonchev–Trinajstić information content (AvgIpc) is 2.63. The summed E-state index contributed by atoms with van der Waals surface area (Å²) in [6.45, 7) is 0. The summed E-state index contributed by atoms with van der Waals surface area (Å²) in [6, 6.07) is 1.68. The molecule has 0 unspecified atom stereocenters. The van der Waals surface area contributed by atoms with Gasteiger partial charge >= 0.3 is 5.97 Å². The van der Waals surface area contributed by atoms with Crippen molar-refractivity contribution in [3.05, 3.63) is 23.5 Å². The van der Waals surface area contributed by atoms with E-state index in [0.29, 0.717) is 5.69 Å². The zero-order chi connectivity index (χ0) is 9.26. The number of fused-ring (bicyclic) bond motifs is 1. The summed E-state index contributed by atoms with van der Waals surface area (Å²) in [5, 5.41) is 0. The molecule has 0 amide bonds. The Kier molecular flexibility index (Phi) is 1.94. The summed E-state index contributed by atoms with van der Waals surface area (Å²) in [4.78, 5) is 19.0. The molecule has 0 aromatic carbocycles. The molecule has 2 rings (SSSR count). The third-order valence-electron chi connectivity index (χ3n) is 1.61. The normalized spacial score (nSPS) is 10.2. The van der Waals surface area contributed by atoms with E-state index in [1.807, 2.05) is 0 Å². The highest BCUT2D eigenvalue weighted by Gasteiger charge is 2.08. The summed E-state index contributed by atoms with van der Waals surface area (Å²) in [5.74, 6) is -0.421. The second-order valence-corrected chi connectivity index (χ2v) is 3.27. The second kappa shape index (κ2) is 3.10. The van der Waals surface area contributed by atoms with E-state index in [2.05, 4.69) is 14.7 Å². The summed E-state index contributed by atoms with van der Waals surface area (Å²) in [7, 11) is 1.33. The fourth-order valence-corrected chi connectivity index (χ4v) is 1.66. The van der Waals surface area contributed by atoms with E-state index in [1.165, 1.54) is 18.4 Å². The fourth-order valence-electron chi connectivity index (χ4n) is 0.977. The van der Waals surface area contributed by atoms with Crippen molar-refractivity contribution in [1.29, 1.82) is 0 Å². The predicted octanol–water partition coefficient (Wildman–Crippen LogP) is 1.48. The molecule has 0 aliphatic heterocycles. The van der Waals surface area contributed by atoms with Crippen LogP contribution in [0.15, 0.2) is 17.8 Å². The Labute approximate surface area is 78.2 Å². The Balaban J connectivity index is 2.54. The number of thiazole rings is 1. The van der Waals surface area contributed by atoms with Crippen LogP contribution in [-0.2, 0) is 4.74 Å². The van der Waals surface area contributed by atoms with Crippen molar-refractivity contribution in [3.63, 3.8) is 0 Å². The van der Waals surface area contributed by atoms with Gasteiger partial charge < -0.3 is 4.74 Å². The third kappa shape index (κ3) is 1.38. The molecule has 2 aromatic rings. The van der Waals surface area contributed by atoms with Crippen molar-refractivity contribution in [2.24, 2.45) is 0 Å². The van der Waals surface area contributed by atoms with E-state index in [1.54, 1.807) is 17.8 Å². The number of carbonyl (C=O) groups excluding carboxylic acids is 1. The molecule has 2 heterocycles. The molecule has 0 atom stereocenters. The minimum Gasteiger partial charge on any atom is -0.464 e. The zero-order valence-electron chi connectivity index (χ0n) is 6.85. The molecule has 0 spiro atoms. The molecular weight excluding hydrogens is 188 g/mol. The van der Waals surface area contributed by atoms with Gasteiger partial charge in [-0.3, -0.25) is 0 Å². The van der Waals surface area contributed by atoms with Gasteiger partial charge in [0.25, 0.3) is 0 Å². The average molecular weight is 194 g/mol. The Hall–Kier alpha value is -1.49. The molecule has 0 saturated carbocycles. The minimum absolute atomic E-state index is 0.319. The number of esters is 1. The summed E-state index contributed by atoms with van der Waals surface area (Å²) >= 11 is 1.47. The van der Waals surface area contributed by atoms with E-state index >= 15 is 0 Å². The fraction of sp³-hybridized carbons (Fsp3) is 0.125. The van der Waals surface area contributed by atoms with E-state index in [9.17, 15) is 4.79 Å². The summed E-state index contributed by atoms with van der Waals surface area (Å²) < 4.78 is 5.48. The molecule has 0 radical (unpaired) electrons. The smallest absolute Gasteiger partial charge is 0.356 e. The van der Waals surface area contributed by atoms with Gasteiger partial charge in [-0.15, -0.1) is 11.3 Å². The molecule has 0 fully saturated rings. The standard InChI is InChI=1S/C8H6N2O2S/c1-12-8(11)5-2-7-6(3-9-5)10-4-13-7/h2-4H,1H3. The highest BCUT2D eigenvalue weighted by Crippen LogP contribution is 2.17. The number of nitrogens with zero attached hydrogens (tertiary/aromatic N) is 2. The first-order valence-corrected chi connectivity index (χ1v) is 4.47. The molecule has 13 heavy (non-hydrogen) atoms. The number of hydrogen-bond acceptors (Lipinski definition) is 5. The quantitative estimate of drug-likeness (QED) is 0.645. The molecular formula is C8H6N2O2S. The molecule has 0 aliphatic carbocycles. The molecule has 0 N–H and O–H groups in total. The second-order valence-electron chi connectivity index (χ2n) is 2.38. The predicted molar refractivity (Wildman–Crippen MR) is 48.8 cm³/mol. The molecule has 0 saturated heterocycles. The van der Waals surface area contributed by atoms with Crippen LogP contribution < -0.4 is 0 Å². The van der Waals surface area contributed by atoms with Gasteiger partial charge in [0, 0.05) is 0 Å². The van der Waals surface area contributed by atoms with Crippen LogP contribution in [0.3, 0.4) is 0 Å². The first kappa shape index (κ1) is 8.12. The maximum atomic E-state index is 11.1. The lowest BCUT2D eigenvalue weighted by molar-refractivity contribution is 0.0594. The van der Waals surface area contributed by atoms with Gasteiger partial charge in [-0.2, -0.15) is 0 Å². The summed E-state index contributed by atoms with van der Waals surface area (Å²) in [5.41, 5.74) is 2.84. The van der Waals surface area contributed by atoms with Gasteiger partial charge in [0.15, 0.2) is 0 Å². The Morgan fingerprint density at radius 2 is 2.38 bits per heavy atom. The van der Waals surface area contributed by atoms with E-state index in [0.717, 1.165) is 10.2 Å². The van der Waals surface area contributed by atoms with Crippen molar-refractivity contribution in [3.8, 4) is 0 Å². The van der Waals surface area contributed by atoms with Crippen LogP contribution in [0.25, 0.3) is 10.2 Å². The lowest BCUT2D eigenvalue weighted by Crippen LogP contribution is -2.03. The number of methoxy groups -OCH3 is 1. The molecule has 0 aliphatic rings. The van der Waals surface area contributed by atoms with Crippen LogP contribution in [0.4, 0.5) is 0 Å². The van der Waals surface area contributed by atoms with Crippen molar-refractivity contribution >= 4 is 27.5 Å². The van der Waals surface area contributed by atoms with Gasteiger partial charge in [-0.25, -0.2) is 14.8 Å². The van der Waals surface area contributed by atoms with E-state index in [-0.39, 0.29) is 0 Å². The third-order valence-corrected chi connectivity index (χ3v) is 2.40. The number of ether oxygens (including phenoxy) is 1. The SMILES string of the molecule is COC(=O)c1cc2scnc2cn1. The number of aromatic nitrogens is 2. The van der Waals surface area contributed by atoms with Gasteiger partial charge in [-0.05, 0) is 6.07 Å². The molecule has 4 nitrogen and oxygen atoms in total. The highest BCUT2D eigenvalue weighted by molar-refractivity contribution is 7.16. The number of pyridine rings is 1. The van der Waals surface area contributed by atoms with Crippen molar-refractivity contribution in [2.45, 2.75) is 0 Å². The Morgan fingerprint density at radius 1 is 1.54 bits per heavy atom. The first-order valence-electron chi connectivity index (χ1n) is 3.59. The van der Waals surface area contributed by atoms with Gasteiger partial charge in [-0.1, -0.05) is 0 Å². The monoisotopic (exact) mass is 194 g/mol. The number of hydrogen-bond donors (Lipinski definition) is 0. The zero-order valence-corrected chi connectivity index (χ0v) is 7.67. The Bertz CT molecular complexity index is 452. The molecule has 0 bridgehead atoms. The minimum atomic E-state index is -0.421. The van der Waals surface area contributed by atoms with Gasteiger partial charge in [0.1, 0.15) is 5.69 Å². The largest absolute Gasteiger partial charge is 0.464 e. The van der Waals surface area contributed by atoms with Crippen LogP contribution >= 0.6 is 11.3 Å². The molecule has 66 valence electrons. The van der Waals surface area contributed by atoms with Crippen LogP contribution in [0.5, 0.6) is 0 Å². The summed E-state index contributed by atoms with van der Waals surface area (Å²) in [6.07, 6.45) is 1.57. The maximum Gasteiger partial charge on any atom is 0.356 e. The van der Waals surface area contributed by atoms with Gasteiger partial charge in [0.2, 0.25) is 0 Å². The van der Waals surface area contributed by atoms with Crippen molar-refractivity contribution < 1.29 is 9.53 Å². The van der Waals surface area contributed by atoms with E-state index < -0.39 is 5.97 Å². The van der Waals surface area contributed by atoms with Crippen molar-refractivity contribution in [2.75, 3.05) is 7.11 Å². The van der Waals surface area contributed by atoms with Crippen LogP contribution in [0.1, 0.15) is 10.5 Å².